The van der Waals surface area contributed by atoms with Gasteiger partial charge in [0.15, 0.2) is 6.61 Å². The second-order valence-corrected chi connectivity index (χ2v) is 12.0. The first kappa shape index (κ1) is 34.3. The van der Waals surface area contributed by atoms with E-state index in [-0.39, 0.29) is 30.8 Å². The first-order valence-electron chi connectivity index (χ1n) is 15.9. The highest BCUT2D eigenvalue weighted by Gasteiger charge is 2.24. The van der Waals surface area contributed by atoms with E-state index in [4.69, 9.17) is 35.9 Å². The van der Waals surface area contributed by atoms with Crippen LogP contribution >= 0.6 is 11.6 Å². The van der Waals surface area contributed by atoms with Crippen molar-refractivity contribution in [3.8, 4) is 17.2 Å². The normalized spacial score (nSPS) is 13.8. The standard InChI is InChI=1S/C35H42ClN5O6/c1-25(2)47-32-12-7-26(22-37-13-19-45-20-18-42)21-31(32)41-33(38-30-6-4-3-5-29(30)35(41)44)23-39-14-16-40(17-15-39)34(43)24-46-28-10-8-27(36)9-11-28/h3-12,21,25,37,42H,13-20,22-24H2,1-2H3. The number of amides is 1. The van der Waals surface area contributed by atoms with Crippen LogP contribution in [0.1, 0.15) is 25.2 Å². The molecule has 1 aromatic heterocycles. The molecule has 11 nitrogen and oxygen atoms in total. The number of carbonyl (C=O) groups excluding carboxylic acids is 1. The third kappa shape index (κ3) is 9.30. The van der Waals surface area contributed by atoms with Crippen molar-refractivity contribution in [1.29, 1.82) is 0 Å². The van der Waals surface area contributed by atoms with E-state index in [2.05, 4.69) is 10.2 Å². The van der Waals surface area contributed by atoms with Gasteiger partial charge in [0.05, 0.1) is 49.1 Å². The molecule has 1 amide bonds. The lowest BCUT2D eigenvalue weighted by atomic mass is 10.1. The van der Waals surface area contributed by atoms with Gasteiger partial charge >= 0.3 is 0 Å². The Morgan fingerprint density at radius 2 is 1.79 bits per heavy atom. The fourth-order valence-corrected chi connectivity index (χ4v) is 5.53. The Kier molecular flexibility index (Phi) is 12.2. The van der Waals surface area contributed by atoms with Crippen molar-refractivity contribution in [2.24, 2.45) is 0 Å². The molecule has 0 atom stereocenters. The monoisotopic (exact) mass is 663 g/mol. The lowest BCUT2D eigenvalue weighted by Crippen LogP contribution is -2.50. The number of hydrogen-bond acceptors (Lipinski definition) is 9. The van der Waals surface area contributed by atoms with Gasteiger partial charge in [-0.3, -0.25) is 19.1 Å². The van der Waals surface area contributed by atoms with Crippen LogP contribution in [-0.2, 0) is 22.6 Å². The van der Waals surface area contributed by atoms with Gasteiger partial charge in [0, 0.05) is 44.3 Å². The molecule has 1 fully saturated rings. The van der Waals surface area contributed by atoms with E-state index in [1.807, 2.05) is 50.2 Å². The maximum Gasteiger partial charge on any atom is 0.266 e. The Hall–Kier alpha value is -4.00. The molecule has 0 spiro atoms. The summed E-state index contributed by atoms with van der Waals surface area (Å²) in [6, 6.07) is 20.1. The molecule has 0 aliphatic carbocycles. The molecular weight excluding hydrogens is 622 g/mol. The number of halogens is 1. The minimum atomic E-state index is -0.171. The first-order valence-corrected chi connectivity index (χ1v) is 16.3. The number of benzene rings is 3. The quantitative estimate of drug-likeness (QED) is 0.184. The third-order valence-electron chi connectivity index (χ3n) is 7.73. The highest BCUT2D eigenvalue weighted by molar-refractivity contribution is 6.30. The van der Waals surface area contributed by atoms with Crippen molar-refractivity contribution in [2.75, 3.05) is 59.2 Å². The minimum absolute atomic E-state index is 0.00848. The Labute approximate surface area is 279 Å². The number of aliphatic hydroxyl groups is 1. The summed E-state index contributed by atoms with van der Waals surface area (Å²) in [5.74, 6) is 1.69. The summed E-state index contributed by atoms with van der Waals surface area (Å²) >= 11 is 5.94. The van der Waals surface area contributed by atoms with Crippen LogP contribution < -0.4 is 20.3 Å². The second-order valence-electron chi connectivity index (χ2n) is 11.6. The smallest absolute Gasteiger partial charge is 0.266 e. The number of hydrogen-bond donors (Lipinski definition) is 2. The summed E-state index contributed by atoms with van der Waals surface area (Å²) in [5, 5.41) is 13.4. The molecule has 0 saturated carbocycles. The molecule has 0 unspecified atom stereocenters. The van der Waals surface area contributed by atoms with Crippen molar-refractivity contribution in [3.05, 3.63) is 93.5 Å². The zero-order valence-corrected chi connectivity index (χ0v) is 27.6. The molecule has 47 heavy (non-hydrogen) atoms. The lowest BCUT2D eigenvalue weighted by molar-refractivity contribution is -0.135. The van der Waals surface area contributed by atoms with E-state index >= 15 is 0 Å². The maximum absolute atomic E-state index is 14.2. The Bertz CT molecular complexity index is 1690. The topological polar surface area (TPSA) is 118 Å². The molecule has 1 aliphatic rings. The summed E-state index contributed by atoms with van der Waals surface area (Å²) in [6.07, 6.45) is -0.108. The van der Waals surface area contributed by atoms with Crippen LogP contribution in [0.15, 0.2) is 71.5 Å². The largest absolute Gasteiger partial charge is 0.489 e. The van der Waals surface area contributed by atoms with Crippen LogP contribution in [0.3, 0.4) is 0 Å². The third-order valence-corrected chi connectivity index (χ3v) is 7.98. The number of aromatic nitrogens is 2. The number of carbonyl (C=O) groups is 1. The molecule has 0 bridgehead atoms. The van der Waals surface area contributed by atoms with Gasteiger partial charge in [0.2, 0.25) is 0 Å². The van der Waals surface area contributed by atoms with Crippen molar-refractivity contribution in [1.82, 2.24) is 24.7 Å². The van der Waals surface area contributed by atoms with Gasteiger partial charge in [0.25, 0.3) is 11.5 Å². The molecule has 12 heteroatoms. The molecule has 4 aromatic rings. The van der Waals surface area contributed by atoms with Crippen molar-refractivity contribution < 1.29 is 24.1 Å². The number of aliphatic hydroxyl groups excluding tert-OH is 1. The highest BCUT2D eigenvalue weighted by atomic mass is 35.5. The maximum atomic E-state index is 14.2. The Balaban J connectivity index is 1.35. The van der Waals surface area contributed by atoms with Crippen LogP contribution in [0.4, 0.5) is 0 Å². The van der Waals surface area contributed by atoms with Gasteiger partial charge in [-0.25, -0.2) is 4.98 Å². The fourth-order valence-electron chi connectivity index (χ4n) is 5.40. The zero-order valence-electron chi connectivity index (χ0n) is 26.9. The van der Waals surface area contributed by atoms with E-state index < -0.39 is 0 Å². The molecular formula is C35H42ClN5O6. The van der Waals surface area contributed by atoms with E-state index in [1.54, 1.807) is 39.8 Å². The van der Waals surface area contributed by atoms with Gasteiger partial charge in [-0.05, 0) is 67.9 Å². The van der Waals surface area contributed by atoms with Crippen LogP contribution in [0, 0.1) is 0 Å². The molecule has 2 N–H and O–H groups in total. The number of para-hydroxylation sites is 1. The summed E-state index contributed by atoms with van der Waals surface area (Å²) in [6.45, 7) is 8.52. The molecule has 1 saturated heterocycles. The Morgan fingerprint density at radius 3 is 2.53 bits per heavy atom. The number of piperazine rings is 1. The number of nitrogens with zero attached hydrogens (tertiary/aromatic N) is 4. The number of rotatable bonds is 15. The van der Waals surface area contributed by atoms with Crippen molar-refractivity contribution in [2.45, 2.75) is 33.0 Å². The average molecular weight is 664 g/mol. The highest BCUT2D eigenvalue weighted by Crippen LogP contribution is 2.27. The minimum Gasteiger partial charge on any atom is -0.489 e. The summed E-state index contributed by atoms with van der Waals surface area (Å²) in [5.41, 5.74) is 2.05. The van der Waals surface area contributed by atoms with E-state index in [1.165, 1.54) is 0 Å². The molecule has 1 aliphatic heterocycles. The molecule has 2 heterocycles. The van der Waals surface area contributed by atoms with Crippen LogP contribution in [0.5, 0.6) is 11.5 Å². The van der Waals surface area contributed by atoms with E-state index in [0.717, 1.165) is 5.56 Å². The average Bonchev–Trinajstić information content (AvgIpc) is 3.07. The fraction of sp³-hybridized carbons (Fsp3) is 0.400. The number of fused-ring (bicyclic) bond motifs is 1. The summed E-state index contributed by atoms with van der Waals surface area (Å²) in [4.78, 5) is 36.1. The van der Waals surface area contributed by atoms with Gasteiger partial charge < -0.3 is 29.5 Å². The van der Waals surface area contributed by atoms with Gasteiger partial charge in [0.1, 0.15) is 17.3 Å². The number of ether oxygens (including phenoxy) is 3. The molecule has 250 valence electrons. The van der Waals surface area contributed by atoms with Crippen molar-refractivity contribution >= 4 is 28.4 Å². The zero-order chi connectivity index (χ0) is 33.2. The molecule has 0 radical (unpaired) electrons. The van der Waals surface area contributed by atoms with Gasteiger partial charge in [-0.1, -0.05) is 29.8 Å². The van der Waals surface area contributed by atoms with E-state index in [9.17, 15) is 9.59 Å². The lowest BCUT2D eigenvalue weighted by Gasteiger charge is -2.34. The van der Waals surface area contributed by atoms with Crippen LogP contribution in [0.25, 0.3) is 16.6 Å². The molecule has 3 aromatic carbocycles. The Morgan fingerprint density at radius 1 is 1.02 bits per heavy atom. The SMILES string of the molecule is CC(C)Oc1ccc(CNCCOCCO)cc1-n1c(CN2CCN(C(=O)COc3ccc(Cl)cc3)CC2)nc2ccccc2c1=O. The van der Waals surface area contributed by atoms with Crippen LogP contribution in [-0.4, -0.2) is 95.6 Å². The van der Waals surface area contributed by atoms with Crippen LogP contribution in [0.2, 0.25) is 5.02 Å². The van der Waals surface area contributed by atoms with Crippen molar-refractivity contribution in [3.63, 3.8) is 0 Å². The van der Waals surface area contributed by atoms with Gasteiger partial charge in [-0.15, -0.1) is 0 Å². The summed E-state index contributed by atoms with van der Waals surface area (Å²) in [7, 11) is 0. The summed E-state index contributed by atoms with van der Waals surface area (Å²) < 4.78 is 18.9. The van der Waals surface area contributed by atoms with E-state index in [0.29, 0.717) is 98.0 Å². The van der Waals surface area contributed by atoms with Gasteiger partial charge in [-0.2, -0.15) is 0 Å². The predicted molar refractivity (Wildman–Crippen MR) is 182 cm³/mol. The first-order chi connectivity index (χ1) is 22.8. The predicted octanol–water partition coefficient (Wildman–Crippen LogP) is 3.65. The molecule has 5 rings (SSSR count). The number of nitrogens with one attached hydrogen (secondary N) is 1. The second kappa shape index (κ2) is 16.7.